The van der Waals surface area contributed by atoms with Crippen LogP contribution >= 0.6 is 0 Å². The highest BCUT2D eigenvalue weighted by molar-refractivity contribution is 5.15. The van der Waals surface area contributed by atoms with E-state index in [9.17, 15) is 56.2 Å². The molecule has 0 radical (unpaired) electrons. The maximum atomic E-state index is 12.0. The SMILES string of the molecule is CC(CCC1(O)OC2CC3C4CCC5CC(OC6OC(COC7OCC(O)C(O)C7O)C(O)C(O)C6O)CCC5(C)C4CCC3(C)C2C1C)COC1OC(CO)C(O)C(O)C1O. The third-order valence-corrected chi connectivity index (χ3v) is 17.6. The second-order valence-electron chi connectivity index (χ2n) is 21.1. The predicted molar refractivity (Wildman–Crippen MR) is 213 cm³/mol. The van der Waals surface area contributed by atoms with E-state index < -0.39 is 98.4 Å². The van der Waals surface area contributed by atoms with Crippen molar-refractivity contribution in [3.63, 3.8) is 0 Å². The first-order chi connectivity index (χ1) is 29.3. The van der Waals surface area contributed by atoms with Gasteiger partial charge in [-0.2, -0.15) is 0 Å². The lowest BCUT2D eigenvalue weighted by Gasteiger charge is -2.61. The molecule has 11 N–H and O–H groups in total. The molecule has 0 amide bonds. The summed E-state index contributed by atoms with van der Waals surface area (Å²) in [4.78, 5) is 0. The van der Waals surface area contributed by atoms with Gasteiger partial charge in [-0.3, -0.25) is 0 Å². The van der Waals surface area contributed by atoms with Gasteiger partial charge in [-0.1, -0.05) is 27.7 Å². The smallest absolute Gasteiger partial charge is 0.186 e. The van der Waals surface area contributed by atoms with Gasteiger partial charge in [-0.05, 0) is 104 Å². The molecule has 4 heterocycles. The van der Waals surface area contributed by atoms with E-state index in [0.29, 0.717) is 36.5 Å². The van der Waals surface area contributed by atoms with E-state index in [2.05, 4.69) is 20.8 Å². The zero-order valence-corrected chi connectivity index (χ0v) is 36.5. The van der Waals surface area contributed by atoms with Crippen LogP contribution in [0.15, 0.2) is 0 Å². The van der Waals surface area contributed by atoms with Gasteiger partial charge in [0.15, 0.2) is 24.7 Å². The van der Waals surface area contributed by atoms with E-state index >= 15 is 0 Å². The Bertz CT molecular complexity index is 1510. The lowest BCUT2D eigenvalue weighted by Crippen LogP contribution is -2.61. The minimum atomic E-state index is -1.57. The summed E-state index contributed by atoms with van der Waals surface area (Å²) in [6.07, 6.45) is -10.7. The quantitative estimate of drug-likeness (QED) is 0.103. The molecule has 26 atom stereocenters. The highest BCUT2D eigenvalue weighted by Crippen LogP contribution is 2.71. The van der Waals surface area contributed by atoms with Crippen LogP contribution in [-0.2, 0) is 33.2 Å². The topological polar surface area (TPSA) is 287 Å². The normalized spacial score (nSPS) is 55.8. The Morgan fingerprint density at radius 1 is 0.694 bits per heavy atom. The highest BCUT2D eigenvalue weighted by Gasteiger charge is 2.68. The van der Waals surface area contributed by atoms with Crippen molar-refractivity contribution in [2.45, 2.75) is 196 Å². The molecular weight excluding hydrogens is 816 g/mol. The molecule has 8 rings (SSSR count). The third kappa shape index (κ3) is 8.46. The maximum absolute atomic E-state index is 12.0. The summed E-state index contributed by atoms with van der Waals surface area (Å²) in [6.45, 7) is 8.04. The molecule has 0 aromatic carbocycles. The van der Waals surface area contributed by atoms with E-state index in [-0.39, 0.29) is 60.6 Å². The first-order valence-electron chi connectivity index (χ1n) is 23.3. The van der Waals surface area contributed by atoms with E-state index in [1.807, 2.05) is 6.92 Å². The van der Waals surface area contributed by atoms with Crippen molar-refractivity contribution in [2.75, 3.05) is 26.4 Å². The van der Waals surface area contributed by atoms with E-state index in [1.165, 1.54) is 0 Å². The zero-order valence-electron chi connectivity index (χ0n) is 36.5. The van der Waals surface area contributed by atoms with Crippen molar-refractivity contribution in [3.05, 3.63) is 0 Å². The Morgan fingerprint density at radius 3 is 2.08 bits per heavy atom. The lowest BCUT2D eigenvalue weighted by atomic mass is 9.44. The van der Waals surface area contributed by atoms with E-state index in [1.54, 1.807) is 0 Å². The minimum Gasteiger partial charge on any atom is -0.394 e. The lowest BCUT2D eigenvalue weighted by molar-refractivity contribution is -0.331. The molecule has 8 aliphatic rings. The van der Waals surface area contributed by atoms with Crippen LogP contribution in [-0.4, -0.2) is 187 Å². The van der Waals surface area contributed by atoms with Crippen LogP contribution in [0.4, 0.5) is 0 Å². The Morgan fingerprint density at radius 2 is 1.35 bits per heavy atom. The molecular formula is C44H74O18. The van der Waals surface area contributed by atoms with Gasteiger partial charge < -0.3 is 89.3 Å². The van der Waals surface area contributed by atoms with Crippen molar-refractivity contribution < 1.29 is 89.3 Å². The first kappa shape index (κ1) is 47.8. The second-order valence-corrected chi connectivity index (χ2v) is 21.1. The number of fused-ring (bicyclic) bond motifs is 7. The first-order valence-corrected chi connectivity index (χ1v) is 23.3. The average molecular weight is 891 g/mol. The Labute approximate surface area is 363 Å². The number of hydrogen-bond donors (Lipinski definition) is 11. The minimum absolute atomic E-state index is 0.0272. The molecule has 4 saturated heterocycles. The van der Waals surface area contributed by atoms with Crippen molar-refractivity contribution in [1.29, 1.82) is 0 Å². The van der Waals surface area contributed by atoms with Gasteiger partial charge in [-0.25, -0.2) is 0 Å². The monoisotopic (exact) mass is 890 g/mol. The summed E-state index contributed by atoms with van der Waals surface area (Å²) in [6, 6.07) is 0. The van der Waals surface area contributed by atoms with Crippen LogP contribution in [0.1, 0.15) is 91.9 Å². The molecule has 0 spiro atoms. The van der Waals surface area contributed by atoms with Crippen LogP contribution in [0.2, 0.25) is 0 Å². The fraction of sp³-hybridized carbons (Fsp3) is 1.00. The summed E-state index contributed by atoms with van der Waals surface area (Å²) in [5.74, 6) is 0.766. The number of rotatable bonds is 12. The molecule has 4 saturated carbocycles. The van der Waals surface area contributed by atoms with Crippen LogP contribution in [0, 0.1) is 52.3 Å². The molecule has 18 heteroatoms. The highest BCUT2D eigenvalue weighted by atomic mass is 16.7. The van der Waals surface area contributed by atoms with Crippen LogP contribution < -0.4 is 0 Å². The van der Waals surface area contributed by atoms with Crippen molar-refractivity contribution in [2.24, 2.45) is 52.3 Å². The Balaban J connectivity index is 0.833. The van der Waals surface area contributed by atoms with Gasteiger partial charge >= 0.3 is 0 Å². The largest absolute Gasteiger partial charge is 0.394 e. The molecule has 0 aromatic rings. The number of aliphatic hydroxyl groups is 11. The predicted octanol–water partition coefficient (Wildman–Crippen LogP) is -1.14. The van der Waals surface area contributed by atoms with Gasteiger partial charge in [0, 0.05) is 12.3 Å². The van der Waals surface area contributed by atoms with Crippen LogP contribution in [0.25, 0.3) is 0 Å². The molecule has 0 aromatic heterocycles. The zero-order chi connectivity index (χ0) is 44.6. The van der Waals surface area contributed by atoms with Gasteiger partial charge in [0.2, 0.25) is 0 Å². The Kier molecular flexibility index (Phi) is 14.2. The van der Waals surface area contributed by atoms with Crippen molar-refractivity contribution in [3.8, 4) is 0 Å². The molecule has 26 unspecified atom stereocenters. The molecule has 62 heavy (non-hydrogen) atoms. The van der Waals surface area contributed by atoms with Crippen LogP contribution in [0.3, 0.4) is 0 Å². The van der Waals surface area contributed by atoms with Crippen molar-refractivity contribution in [1.82, 2.24) is 0 Å². The fourth-order valence-electron chi connectivity index (χ4n) is 13.8. The maximum Gasteiger partial charge on any atom is 0.186 e. The summed E-state index contributed by atoms with van der Waals surface area (Å²) >= 11 is 0. The van der Waals surface area contributed by atoms with Gasteiger partial charge in [-0.15, -0.1) is 0 Å². The molecule has 8 fully saturated rings. The molecule has 18 nitrogen and oxygen atoms in total. The molecule has 4 aliphatic heterocycles. The van der Waals surface area contributed by atoms with Crippen molar-refractivity contribution >= 4 is 0 Å². The van der Waals surface area contributed by atoms with E-state index in [4.69, 9.17) is 33.2 Å². The standard InChI is InChI=1S/C44H74O18/c1-19(16-56-40-37(53)34(50)32(48)28(15-45)60-40)7-12-44(55)20(2)30-27(62-44)14-25-23-6-5-21-13-22(8-10-42(21,3)24(23)9-11-43(25,30)4)59-41-38(54)35(51)33(49)29(61-41)18-58-39-36(52)31(47)26(46)17-57-39/h19-41,45-55H,5-18H2,1-4H3. The van der Waals surface area contributed by atoms with Gasteiger partial charge in [0.05, 0.1) is 38.6 Å². The summed E-state index contributed by atoms with van der Waals surface area (Å²) in [5, 5.41) is 115. The number of aliphatic hydroxyl groups excluding tert-OH is 10. The van der Waals surface area contributed by atoms with Gasteiger partial charge in [0.1, 0.15) is 67.1 Å². The molecule has 358 valence electrons. The fourth-order valence-corrected chi connectivity index (χ4v) is 13.8. The second kappa shape index (κ2) is 18.4. The number of hydrogen-bond acceptors (Lipinski definition) is 18. The van der Waals surface area contributed by atoms with Crippen LogP contribution in [0.5, 0.6) is 0 Å². The van der Waals surface area contributed by atoms with Gasteiger partial charge in [0.25, 0.3) is 0 Å². The third-order valence-electron chi connectivity index (χ3n) is 17.6. The summed E-state index contributed by atoms with van der Waals surface area (Å²) < 4.78 is 41.2. The summed E-state index contributed by atoms with van der Waals surface area (Å²) in [7, 11) is 0. The van der Waals surface area contributed by atoms with E-state index in [0.717, 1.165) is 51.4 Å². The average Bonchev–Trinajstić information content (AvgIpc) is 3.69. The molecule has 4 aliphatic carbocycles. The molecule has 0 bridgehead atoms. The Hall–Kier alpha value is -0.720. The summed E-state index contributed by atoms with van der Waals surface area (Å²) in [5.41, 5.74) is 0.124. The number of ether oxygens (including phenoxy) is 7.